The van der Waals surface area contributed by atoms with Crippen molar-refractivity contribution in [2.45, 2.75) is 156 Å². The van der Waals surface area contributed by atoms with E-state index in [1.54, 1.807) is 24.3 Å². The van der Waals surface area contributed by atoms with Crippen LogP contribution in [0, 0.1) is 11.8 Å². The Kier molecular flexibility index (Phi) is 19.2. The molecule has 10 aromatic rings. The van der Waals surface area contributed by atoms with Gasteiger partial charge < -0.3 is 17.7 Å². The van der Waals surface area contributed by atoms with Crippen LogP contribution in [-0.2, 0) is 21.3 Å². The third kappa shape index (κ3) is 13.9. The zero-order valence-electron chi connectivity index (χ0n) is 53.2. The van der Waals surface area contributed by atoms with E-state index in [9.17, 15) is 38.4 Å². The molecule has 0 aliphatic carbocycles. The smallest absolute Gasteiger partial charge is 0.311 e. The molecule has 464 valence electrons. The number of aromatic nitrogens is 2. The highest BCUT2D eigenvalue weighted by molar-refractivity contribution is 6.87. The number of ether oxygens (including phenoxy) is 2. The fourth-order valence-corrected chi connectivity index (χ4v) is 26.8. The molecule has 89 heavy (non-hydrogen) atoms. The Bertz CT molecular complexity index is 4450. The lowest BCUT2D eigenvalue weighted by Crippen LogP contribution is -2.52. The molecule has 2 aromatic heterocycles. The summed E-state index contributed by atoms with van der Waals surface area (Å²) in [7, 11) is -6.77. The highest BCUT2D eigenvalue weighted by atomic mass is 28.5. The molecule has 2 heterocycles. The van der Waals surface area contributed by atoms with E-state index in [0.717, 1.165) is 97.2 Å². The molecule has 8 aromatic carbocycles. The number of hydrogen-bond donors (Lipinski definition) is 0. The highest BCUT2D eigenvalue weighted by Crippen LogP contribution is 2.31. The lowest BCUT2D eigenvalue weighted by atomic mass is 9.96. The first kappa shape index (κ1) is 64.4. The summed E-state index contributed by atoms with van der Waals surface area (Å²) in [6, 6.07) is 33.3. The number of fused-ring (bicyclic) bond motifs is 6. The van der Waals surface area contributed by atoms with Crippen LogP contribution in [-0.4, -0.2) is 47.5 Å². The van der Waals surface area contributed by atoms with Crippen LogP contribution in [0.5, 0.6) is 11.5 Å². The molecule has 0 bridgehead atoms. The average molecular weight is 1250 g/mol. The molecule has 0 aliphatic rings. The molecule has 0 spiro atoms. The largest absolute Gasteiger partial charge is 0.493 e. The molecule has 0 N–H and O–H groups in total. The van der Waals surface area contributed by atoms with Crippen molar-refractivity contribution in [3.8, 4) is 33.8 Å². The monoisotopic (exact) mass is 1250 g/mol. The van der Waals surface area contributed by atoms with Gasteiger partial charge in [0.2, 0.25) is 0 Å². The van der Waals surface area contributed by atoms with Crippen molar-refractivity contribution in [1.29, 1.82) is 0 Å². The van der Waals surface area contributed by atoms with Gasteiger partial charge in [-0.2, -0.15) is 0 Å². The second kappa shape index (κ2) is 26.5. The fraction of sp³-hybridized carbons (Fsp3) is 0.389. The Morgan fingerprint density at radius 1 is 0.348 bits per heavy atom. The number of benzene rings is 8. The normalized spacial score (nSPS) is 13.2. The predicted molar refractivity (Wildman–Crippen MR) is 371 cm³/mol. The molecule has 0 aliphatic heterocycles. The number of nitrogens with zero attached hydrogens (tertiary/aromatic N) is 2. The van der Waals surface area contributed by atoms with Crippen LogP contribution in [0.15, 0.2) is 148 Å². The second-order valence-electron chi connectivity index (χ2n) is 26.4. The van der Waals surface area contributed by atoms with Crippen molar-refractivity contribution in [2.24, 2.45) is 11.8 Å². The topological polar surface area (TPSA) is 183 Å². The molecule has 0 radical (unpaired) electrons. The van der Waals surface area contributed by atoms with Crippen LogP contribution in [0.3, 0.4) is 0 Å². The van der Waals surface area contributed by atoms with Gasteiger partial charge in [0.25, 0.3) is 22.2 Å². The van der Waals surface area contributed by atoms with Gasteiger partial charge >= 0.3 is 8.56 Å². The van der Waals surface area contributed by atoms with Gasteiger partial charge in [-0.3, -0.25) is 47.5 Å². The van der Waals surface area contributed by atoms with E-state index >= 15 is 0 Å². The van der Waals surface area contributed by atoms with Gasteiger partial charge in [0.05, 0.1) is 34.8 Å². The molecule has 0 saturated carbocycles. The maximum atomic E-state index is 14.0. The van der Waals surface area contributed by atoms with Crippen LogP contribution < -0.4 is 53.4 Å². The summed E-state index contributed by atoms with van der Waals surface area (Å²) in [6.45, 7) is 23.5. The van der Waals surface area contributed by atoms with Crippen molar-refractivity contribution in [3.05, 3.63) is 192 Å². The maximum absolute atomic E-state index is 14.0. The number of hydrogen-bond acceptors (Lipinski definition) is 12. The Labute approximate surface area is 520 Å². The Hall–Kier alpha value is -7.55. The fourth-order valence-electron chi connectivity index (χ4n) is 12.6. The summed E-state index contributed by atoms with van der Waals surface area (Å²) in [5, 5.41) is 2.21. The van der Waals surface area contributed by atoms with E-state index in [1.165, 1.54) is 33.4 Å². The molecule has 0 amide bonds. The minimum atomic E-state index is -2.51. The summed E-state index contributed by atoms with van der Waals surface area (Å²) in [5.41, 5.74) is 0.0602. The molecular weight excluding hydrogens is 1170 g/mol. The van der Waals surface area contributed by atoms with Gasteiger partial charge in [0.1, 0.15) is 11.5 Å². The van der Waals surface area contributed by atoms with E-state index in [1.807, 2.05) is 60.7 Å². The SMILES string of the molecule is CC[C@H](C)COc1ccc(-c2ccc3c(=O)c4cc5c(=O)n(CCCCCC[Si](C)(C)O[Si](C)(C)O[Si](C)(C)CCCCCCn6c(=O)c7cc8c(=O)c9ccc(-c%10ccc(OC[C@@H](C)CC)cc%10)cc9c(=O)c8cc7c6=O)c(=O)c5cc4c(=O)c3c2)cc1. The third-order valence-corrected chi connectivity index (χ3v) is 29.4. The zero-order valence-corrected chi connectivity index (χ0v) is 56.2. The van der Waals surface area contributed by atoms with E-state index in [-0.39, 0.29) is 99.4 Å². The quantitative estimate of drug-likeness (QED) is 0.0257. The van der Waals surface area contributed by atoms with Crippen molar-refractivity contribution < 1.29 is 17.7 Å². The van der Waals surface area contributed by atoms with Gasteiger partial charge in [-0.05, 0) is 171 Å². The third-order valence-electron chi connectivity index (χ3n) is 17.9. The summed E-state index contributed by atoms with van der Waals surface area (Å²) >= 11 is 0. The lowest BCUT2D eigenvalue weighted by molar-refractivity contribution is 0.256. The zero-order chi connectivity index (χ0) is 63.7. The minimum Gasteiger partial charge on any atom is -0.493 e. The second-order valence-corrected chi connectivity index (χ2v) is 38.9. The highest BCUT2D eigenvalue weighted by Gasteiger charge is 2.39. The summed E-state index contributed by atoms with van der Waals surface area (Å²) in [4.78, 5) is 111. The van der Waals surface area contributed by atoms with Gasteiger partial charge in [-0.1, -0.05) is 115 Å². The first-order valence-electron chi connectivity index (χ1n) is 31.8. The predicted octanol–water partition coefficient (Wildman–Crippen LogP) is 14.0. The molecule has 17 heteroatoms. The van der Waals surface area contributed by atoms with Gasteiger partial charge in [-0.15, -0.1) is 0 Å². The van der Waals surface area contributed by atoms with Gasteiger partial charge in [0.15, 0.2) is 38.3 Å². The van der Waals surface area contributed by atoms with Crippen molar-refractivity contribution in [1.82, 2.24) is 9.13 Å². The van der Waals surface area contributed by atoms with Gasteiger partial charge in [0, 0.05) is 56.2 Å². The molecule has 10 rings (SSSR count). The minimum absolute atomic E-state index is 0.131. The summed E-state index contributed by atoms with van der Waals surface area (Å²) < 4.78 is 28.2. The van der Waals surface area contributed by atoms with Crippen LogP contribution in [0.1, 0.15) is 91.9 Å². The van der Waals surface area contributed by atoms with E-state index in [4.69, 9.17) is 17.7 Å². The van der Waals surface area contributed by atoms with E-state index < -0.39 is 47.4 Å². The average Bonchev–Trinajstić information content (AvgIpc) is 1.73. The van der Waals surface area contributed by atoms with Crippen LogP contribution in [0.4, 0.5) is 0 Å². The van der Waals surface area contributed by atoms with Crippen LogP contribution in [0.25, 0.3) is 86.9 Å². The Balaban J connectivity index is 0.682. The van der Waals surface area contributed by atoms with Crippen LogP contribution in [0.2, 0.25) is 51.4 Å². The Morgan fingerprint density at radius 3 is 0.966 bits per heavy atom. The van der Waals surface area contributed by atoms with Crippen molar-refractivity contribution in [2.75, 3.05) is 13.2 Å². The lowest BCUT2D eigenvalue weighted by Gasteiger charge is -2.39. The maximum Gasteiger partial charge on any atom is 0.311 e. The molecule has 0 fully saturated rings. The Morgan fingerprint density at radius 2 is 0.640 bits per heavy atom. The first-order chi connectivity index (χ1) is 42.4. The van der Waals surface area contributed by atoms with E-state index in [0.29, 0.717) is 37.9 Å². The molecule has 0 saturated heterocycles. The number of unbranched alkanes of at least 4 members (excludes halogenated alkanes) is 6. The molecular formula is C72H82N2O12Si3. The molecule has 0 unspecified atom stereocenters. The first-order valence-corrected chi connectivity index (χ1v) is 40.8. The standard InChI is InChI=1S/C72H82N2O12Si3/c1-11-45(3)43-83-51-27-21-47(22-28-51)49-25-31-53-55(37-49)67(77)59-41-63-61(39-57(59)65(53)75)69(79)73(71(63)81)33-17-13-15-19-35-87(5,6)85-89(9,10)86-88(7,8)36-20-16-14-18-34-74-70(80)62-40-58-60(42-64(62)72(74)82)68(78)56-38-50(26-32-54(56)66(58)76)48-23-29-52(30-24-48)84-44-46(4)12-2/h21-32,37-42,45-46H,11-20,33-36,43-44H2,1-10H3/t45-,46-/m0/s1. The van der Waals surface area contributed by atoms with Gasteiger partial charge in [-0.25, -0.2) is 0 Å². The number of rotatable bonds is 28. The molecule has 2 atom stereocenters. The summed E-state index contributed by atoms with van der Waals surface area (Å²) in [6.07, 6.45) is 8.58. The van der Waals surface area contributed by atoms with Crippen molar-refractivity contribution >= 4 is 89.8 Å². The molecule has 14 nitrogen and oxygen atoms in total. The van der Waals surface area contributed by atoms with Crippen molar-refractivity contribution in [3.63, 3.8) is 0 Å². The van der Waals surface area contributed by atoms with Crippen LogP contribution >= 0.6 is 0 Å². The summed E-state index contributed by atoms with van der Waals surface area (Å²) in [5.74, 6) is 2.39. The van der Waals surface area contributed by atoms with E-state index in [2.05, 4.69) is 67.0 Å².